The van der Waals surface area contributed by atoms with Crippen LogP contribution in [0.1, 0.15) is 5.69 Å². The van der Waals surface area contributed by atoms with Crippen LogP contribution >= 0.6 is 31.9 Å². The van der Waals surface area contributed by atoms with Crippen LogP contribution in [-0.4, -0.2) is 4.98 Å². The van der Waals surface area contributed by atoms with Crippen LogP contribution in [0.25, 0.3) is 0 Å². The van der Waals surface area contributed by atoms with Gasteiger partial charge in [-0.25, -0.2) is 4.39 Å². The summed E-state index contributed by atoms with van der Waals surface area (Å²) in [6.07, 6.45) is 1.20. The zero-order valence-corrected chi connectivity index (χ0v) is 8.11. The molecule has 0 unspecified atom stereocenters. The summed E-state index contributed by atoms with van der Waals surface area (Å²) in [5, 5.41) is 0.633. The van der Waals surface area contributed by atoms with Gasteiger partial charge in [-0.1, -0.05) is 15.9 Å². The molecule has 0 saturated heterocycles. The van der Waals surface area contributed by atoms with Gasteiger partial charge in [-0.3, -0.25) is 4.98 Å². The van der Waals surface area contributed by atoms with Gasteiger partial charge >= 0.3 is 0 Å². The monoisotopic (exact) mass is 267 g/mol. The molecule has 0 bridgehead atoms. The van der Waals surface area contributed by atoms with Gasteiger partial charge in [0.05, 0.1) is 11.9 Å². The molecular formula is C6H4Br2FN. The number of alkyl halides is 1. The van der Waals surface area contributed by atoms with Crippen molar-refractivity contribution in [2.45, 2.75) is 5.33 Å². The van der Waals surface area contributed by atoms with E-state index in [1.54, 1.807) is 0 Å². The predicted molar refractivity (Wildman–Crippen MR) is 44.5 cm³/mol. The first-order valence-corrected chi connectivity index (χ1v) is 4.51. The summed E-state index contributed by atoms with van der Waals surface area (Å²) in [7, 11) is 0. The molecule has 1 heterocycles. The minimum Gasteiger partial charge on any atom is -0.256 e. The molecule has 0 N–H and O–H groups in total. The third-order valence-corrected chi connectivity index (χ3v) is 2.23. The Labute approximate surface area is 74.9 Å². The van der Waals surface area contributed by atoms with E-state index in [9.17, 15) is 4.39 Å². The molecule has 4 heteroatoms. The lowest BCUT2D eigenvalue weighted by molar-refractivity contribution is 0.619. The summed E-state index contributed by atoms with van der Waals surface area (Å²) >= 11 is 6.39. The Morgan fingerprint density at radius 3 is 2.80 bits per heavy atom. The normalized spacial score (nSPS) is 9.90. The summed E-state index contributed by atoms with van der Waals surface area (Å²) in [6.45, 7) is 0. The van der Waals surface area contributed by atoms with Crippen LogP contribution in [0.5, 0.6) is 0 Å². The number of pyridine rings is 1. The van der Waals surface area contributed by atoms with Crippen molar-refractivity contribution in [2.24, 2.45) is 0 Å². The first kappa shape index (κ1) is 8.14. The van der Waals surface area contributed by atoms with Crippen molar-refractivity contribution in [3.05, 3.63) is 28.2 Å². The first-order valence-electron chi connectivity index (χ1n) is 2.60. The molecule has 0 fully saturated rings. The number of nitrogens with zero attached hydrogens (tertiary/aromatic N) is 1. The fourth-order valence-corrected chi connectivity index (χ4v) is 1.83. The van der Waals surface area contributed by atoms with E-state index in [-0.39, 0.29) is 5.82 Å². The molecule has 0 saturated carbocycles. The smallest absolute Gasteiger partial charge is 0.142 e. The summed E-state index contributed by atoms with van der Waals surface area (Å²) in [4.78, 5) is 3.83. The quantitative estimate of drug-likeness (QED) is 0.714. The van der Waals surface area contributed by atoms with Crippen LogP contribution < -0.4 is 0 Å². The zero-order chi connectivity index (χ0) is 7.56. The highest BCUT2D eigenvalue weighted by molar-refractivity contribution is 9.10. The Hall–Kier alpha value is 0.0400. The van der Waals surface area contributed by atoms with Crippen LogP contribution in [-0.2, 0) is 5.33 Å². The molecule has 1 aromatic heterocycles. The molecule has 0 aliphatic carbocycles. The lowest BCUT2D eigenvalue weighted by atomic mass is 10.4. The van der Waals surface area contributed by atoms with E-state index in [1.165, 1.54) is 12.3 Å². The highest BCUT2D eigenvalue weighted by atomic mass is 79.9. The maximum Gasteiger partial charge on any atom is 0.142 e. The third-order valence-electron chi connectivity index (χ3n) is 1.01. The molecule has 0 atom stereocenters. The number of hydrogen-bond acceptors (Lipinski definition) is 1. The fourth-order valence-electron chi connectivity index (χ4n) is 0.541. The van der Waals surface area contributed by atoms with Gasteiger partial charge in [-0.15, -0.1) is 0 Å². The van der Waals surface area contributed by atoms with Gasteiger partial charge in [0, 0.05) is 9.80 Å². The molecule has 1 rings (SSSR count). The lowest BCUT2D eigenvalue weighted by Crippen LogP contribution is -1.87. The van der Waals surface area contributed by atoms with E-state index in [0.717, 1.165) is 5.69 Å². The lowest BCUT2D eigenvalue weighted by Gasteiger charge is -1.96. The van der Waals surface area contributed by atoms with Crippen molar-refractivity contribution in [2.75, 3.05) is 0 Å². The summed E-state index contributed by atoms with van der Waals surface area (Å²) in [6, 6.07) is 1.39. The largest absolute Gasteiger partial charge is 0.256 e. The number of aromatic nitrogens is 1. The van der Waals surface area contributed by atoms with Crippen LogP contribution in [0.15, 0.2) is 16.7 Å². The Kier molecular flexibility index (Phi) is 2.80. The van der Waals surface area contributed by atoms with Crippen molar-refractivity contribution in [3.63, 3.8) is 0 Å². The van der Waals surface area contributed by atoms with Gasteiger partial charge in [-0.2, -0.15) is 0 Å². The molecule has 0 spiro atoms. The number of halogens is 3. The first-order chi connectivity index (χ1) is 4.74. The number of hydrogen-bond donors (Lipinski definition) is 0. The van der Waals surface area contributed by atoms with Gasteiger partial charge in [0.15, 0.2) is 0 Å². The van der Waals surface area contributed by atoms with Gasteiger partial charge < -0.3 is 0 Å². The Morgan fingerprint density at radius 2 is 2.30 bits per heavy atom. The molecule has 10 heavy (non-hydrogen) atoms. The van der Waals surface area contributed by atoms with E-state index in [1.807, 2.05) is 0 Å². The van der Waals surface area contributed by atoms with Gasteiger partial charge in [0.25, 0.3) is 0 Å². The Morgan fingerprint density at radius 1 is 1.60 bits per heavy atom. The molecule has 0 aliphatic heterocycles. The van der Waals surface area contributed by atoms with Crippen molar-refractivity contribution < 1.29 is 4.39 Å². The van der Waals surface area contributed by atoms with Gasteiger partial charge in [0.1, 0.15) is 5.82 Å². The summed E-state index contributed by atoms with van der Waals surface area (Å²) in [5.74, 6) is -0.323. The molecule has 1 nitrogen and oxygen atoms in total. The molecule has 1 aromatic rings. The second-order valence-electron chi connectivity index (χ2n) is 1.72. The topological polar surface area (TPSA) is 12.9 Å². The van der Waals surface area contributed by atoms with E-state index < -0.39 is 0 Å². The molecule has 0 aromatic carbocycles. The third kappa shape index (κ3) is 1.76. The summed E-state index contributed by atoms with van der Waals surface area (Å²) in [5.41, 5.74) is 0.807. The Balaban J connectivity index is 3.07. The van der Waals surface area contributed by atoms with Crippen LogP contribution in [0, 0.1) is 5.82 Å². The van der Waals surface area contributed by atoms with E-state index in [0.29, 0.717) is 9.80 Å². The van der Waals surface area contributed by atoms with Gasteiger partial charge in [-0.05, 0) is 22.0 Å². The van der Waals surface area contributed by atoms with Crippen molar-refractivity contribution in [3.8, 4) is 0 Å². The minimum atomic E-state index is -0.323. The fraction of sp³-hybridized carbons (Fsp3) is 0.167. The SMILES string of the molecule is Fc1cnc(CBr)c(Br)c1. The highest BCUT2D eigenvalue weighted by Crippen LogP contribution is 2.17. The van der Waals surface area contributed by atoms with Gasteiger partial charge in [0.2, 0.25) is 0 Å². The average molecular weight is 269 g/mol. The summed E-state index contributed by atoms with van der Waals surface area (Å²) < 4.78 is 13.1. The molecule has 0 radical (unpaired) electrons. The van der Waals surface area contributed by atoms with E-state index in [4.69, 9.17) is 0 Å². The predicted octanol–water partition coefficient (Wildman–Crippen LogP) is 2.88. The maximum absolute atomic E-state index is 12.4. The Bertz CT molecular complexity index is 239. The molecule has 0 aliphatic rings. The van der Waals surface area contributed by atoms with Crippen molar-refractivity contribution >= 4 is 31.9 Å². The molecule has 0 amide bonds. The van der Waals surface area contributed by atoms with Crippen molar-refractivity contribution in [1.29, 1.82) is 0 Å². The van der Waals surface area contributed by atoms with Crippen LogP contribution in [0.3, 0.4) is 0 Å². The molecular weight excluding hydrogens is 265 g/mol. The van der Waals surface area contributed by atoms with Crippen LogP contribution in [0.2, 0.25) is 0 Å². The second-order valence-corrected chi connectivity index (χ2v) is 3.13. The minimum absolute atomic E-state index is 0.323. The van der Waals surface area contributed by atoms with Crippen LogP contribution in [0.4, 0.5) is 4.39 Å². The van der Waals surface area contributed by atoms with E-state index in [2.05, 4.69) is 36.8 Å². The standard InChI is InChI=1S/C6H4Br2FN/c7-2-6-5(8)1-4(9)3-10-6/h1,3H,2H2. The highest BCUT2D eigenvalue weighted by Gasteiger charge is 1.99. The zero-order valence-electron chi connectivity index (χ0n) is 4.94. The number of rotatable bonds is 1. The maximum atomic E-state index is 12.4. The average Bonchev–Trinajstić information content (AvgIpc) is 1.88. The second kappa shape index (κ2) is 3.44. The van der Waals surface area contributed by atoms with E-state index >= 15 is 0 Å². The molecule has 54 valence electrons. The van der Waals surface area contributed by atoms with Crippen molar-refractivity contribution in [1.82, 2.24) is 4.98 Å².